The lowest BCUT2D eigenvalue weighted by Gasteiger charge is -2.00. The van der Waals surface area contributed by atoms with E-state index < -0.39 is 0 Å². The SMILES string of the molecule is Nc1ccc(-c2nc3ncncc3[nH]2)cc1O. The molecule has 84 valence electrons. The number of aromatic hydroxyl groups is 1. The molecule has 0 spiro atoms. The molecule has 6 nitrogen and oxygen atoms in total. The molecule has 0 unspecified atom stereocenters. The number of nitrogens with two attached hydrogens (primary N) is 1. The van der Waals surface area contributed by atoms with E-state index in [9.17, 15) is 5.11 Å². The van der Waals surface area contributed by atoms with Crippen LogP contribution in [0.25, 0.3) is 22.6 Å². The van der Waals surface area contributed by atoms with Crippen LogP contribution in [0.4, 0.5) is 5.69 Å². The largest absolute Gasteiger partial charge is 0.506 e. The van der Waals surface area contributed by atoms with E-state index >= 15 is 0 Å². The van der Waals surface area contributed by atoms with Gasteiger partial charge in [-0.3, -0.25) is 0 Å². The quantitative estimate of drug-likeness (QED) is 0.429. The molecule has 0 aliphatic carbocycles. The van der Waals surface area contributed by atoms with Crippen molar-refractivity contribution < 1.29 is 5.11 Å². The Balaban J connectivity index is 2.17. The maximum absolute atomic E-state index is 9.54. The second-order valence-corrected chi connectivity index (χ2v) is 3.62. The van der Waals surface area contributed by atoms with Gasteiger partial charge in [-0.1, -0.05) is 0 Å². The van der Waals surface area contributed by atoms with Crippen LogP contribution in [0.3, 0.4) is 0 Å². The van der Waals surface area contributed by atoms with Crippen LogP contribution in [-0.4, -0.2) is 25.0 Å². The zero-order valence-corrected chi connectivity index (χ0v) is 8.75. The summed E-state index contributed by atoms with van der Waals surface area (Å²) in [4.78, 5) is 15.3. The molecular formula is C11H9N5O. The molecule has 0 bridgehead atoms. The van der Waals surface area contributed by atoms with Gasteiger partial charge < -0.3 is 15.8 Å². The van der Waals surface area contributed by atoms with E-state index in [0.29, 0.717) is 17.2 Å². The zero-order chi connectivity index (χ0) is 11.8. The number of rotatable bonds is 1. The van der Waals surface area contributed by atoms with Gasteiger partial charge >= 0.3 is 0 Å². The average Bonchev–Trinajstić information content (AvgIpc) is 2.76. The fourth-order valence-electron chi connectivity index (χ4n) is 1.59. The van der Waals surface area contributed by atoms with Crippen LogP contribution >= 0.6 is 0 Å². The van der Waals surface area contributed by atoms with Crippen LogP contribution in [0.2, 0.25) is 0 Å². The fraction of sp³-hybridized carbons (Fsp3) is 0. The number of benzene rings is 1. The number of nitrogen functional groups attached to an aromatic ring is 1. The highest BCUT2D eigenvalue weighted by Gasteiger charge is 2.07. The summed E-state index contributed by atoms with van der Waals surface area (Å²) >= 11 is 0. The molecule has 3 rings (SSSR count). The van der Waals surface area contributed by atoms with Crippen LogP contribution in [-0.2, 0) is 0 Å². The summed E-state index contributed by atoms with van der Waals surface area (Å²) in [5.41, 5.74) is 7.96. The normalized spacial score (nSPS) is 10.8. The summed E-state index contributed by atoms with van der Waals surface area (Å²) in [6.07, 6.45) is 3.09. The fourth-order valence-corrected chi connectivity index (χ4v) is 1.59. The third-order valence-corrected chi connectivity index (χ3v) is 2.47. The average molecular weight is 227 g/mol. The number of nitrogens with one attached hydrogen (secondary N) is 1. The summed E-state index contributed by atoms with van der Waals surface area (Å²) < 4.78 is 0. The molecule has 0 amide bonds. The van der Waals surface area contributed by atoms with Gasteiger partial charge in [0.2, 0.25) is 0 Å². The summed E-state index contributed by atoms with van der Waals surface area (Å²) in [5, 5.41) is 9.54. The van der Waals surface area contributed by atoms with E-state index in [1.165, 1.54) is 6.33 Å². The number of phenols is 1. The number of aromatic amines is 1. The Hall–Kier alpha value is -2.63. The predicted octanol–water partition coefficient (Wildman–Crippen LogP) is 1.31. The highest BCUT2D eigenvalue weighted by Crippen LogP contribution is 2.26. The number of anilines is 1. The molecule has 2 heterocycles. The van der Waals surface area contributed by atoms with Gasteiger partial charge in [0.1, 0.15) is 23.4 Å². The molecule has 0 saturated carbocycles. The first-order valence-electron chi connectivity index (χ1n) is 4.98. The summed E-state index contributed by atoms with van der Waals surface area (Å²) in [6, 6.07) is 4.96. The van der Waals surface area contributed by atoms with Crippen LogP contribution in [0.5, 0.6) is 5.75 Å². The predicted molar refractivity (Wildman–Crippen MR) is 63.2 cm³/mol. The van der Waals surface area contributed by atoms with Crippen LogP contribution in [0.1, 0.15) is 0 Å². The van der Waals surface area contributed by atoms with Gasteiger partial charge in [0, 0.05) is 5.56 Å². The van der Waals surface area contributed by atoms with Crippen molar-refractivity contribution in [3.05, 3.63) is 30.7 Å². The highest BCUT2D eigenvalue weighted by molar-refractivity contribution is 5.76. The van der Waals surface area contributed by atoms with Gasteiger partial charge in [0.05, 0.1) is 11.9 Å². The van der Waals surface area contributed by atoms with Crippen molar-refractivity contribution in [2.45, 2.75) is 0 Å². The maximum Gasteiger partial charge on any atom is 0.181 e. The van der Waals surface area contributed by atoms with Crippen molar-refractivity contribution in [3.8, 4) is 17.1 Å². The Bertz CT molecular complexity index is 658. The number of hydrogen-bond acceptors (Lipinski definition) is 5. The summed E-state index contributed by atoms with van der Waals surface area (Å²) in [5.74, 6) is 0.657. The number of imidazole rings is 1. The number of hydrogen-bond donors (Lipinski definition) is 3. The highest BCUT2D eigenvalue weighted by atomic mass is 16.3. The Morgan fingerprint density at radius 1 is 1.29 bits per heavy atom. The van der Waals surface area contributed by atoms with E-state index in [2.05, 4.69) is 19.9 Å². The molecule has 4 N–H and O–H groups in total. The van der Waals surface area contributed by atoms with Gasteiger partial charge in [-0.05, 0) is 18.2 Å². The van der Waals surface area contributed by atoms with E-state index in [1.54, 1.807) is 24.4 Å². The monoisotopic (exact) mass is 227 g/mol. The van der Waals surface area contributed by atoms with Crippen LogP contribution in [0.15, 0.2) is 30.7 Å². The molecule has 0 aliphatic rings. The third kappa shape index (κ3) is 1.55. The molecule has 1 aromatic carbocycles. The van der Waals surface area contributed by atoms with E-state index in [4.69, 9.17) is 5.73 Å². The standard InChI is InChI=1S/C11H9N5O/c12-7-2-1-6(3-9(7)17)10-15-8-4-13-5-14-11(8)16-10/h1-5,17H,12H2,(H,13,14,15,16). The van der Waals surface area contributed by atoms with Crippen LogP contribution < -0.4 is 5.73 Å². The molecule has 0 atom stereocenters. The minimum atomic E-state index is 0.0361. The van der Waals surface area contributed by atoms with Crippen molar-refractivity contribution in [1.82, 2.24) is 19.9 Å². The lowest BCUT2D eigenvalue weighted by molar-refractivity contribution is 0.478. The number of fused-ring (bicyclic) bond motifs is 1. The minimum Gasteiger partial charge on any atom is -0.506 e. The van der Waals surface area contributed by atoms with E-state index in [1.807, 2.05) is 0 Å². The Kier molecular flexibility index (Phi) is 1.94. The molecular weight excluding hydrogens is 218 g/mol. The molecule has 0 saturated heterocycles. The summed E-state index contributed by atoms with van der Waals surface area (Å²) in [6.45, 7) is 0. The number of H-pyrrole nitrogens is 1. The van der Waals surface area contributed by atoms with Crippen molar-refractivity contribution in [3.63, 3.8) is 0 Å². The Labute approximate surface area is 96.2 Å². The molecule has 0 aliphatic heterocycles. The molecule has 6 heteroatoms. The van der Waals surface area contributed by atoms with Crippen molar-refractivity contribution in [1.29, 1.82) is 0 Å². The number of nitrogens with zero attached hydrogens (tertiary/aromatic N) is 3. The Morgan fingerprint density at radius 2 is 2.18 bits per heavy atom. The van der Waals surface area contributed by atoms with Gasteiger partial charge in [0.15, 0.2) is 5.65 Å². The van der Waals surface area contributed by atoms with Gasteiger partial charge in [-0.25, -0.2) is 15.0 Å². The summed E-state index contributed by atoms with van der Waals surface area (Å²) in [7, 11) is 0. The number of aromatic nitrogens is 4. The molecule has 3 aromatic rings. The molecule has 2 aromatic heterocycles. The van der Waals surface area contributed by atoms with Gasteiger partial charge in [-0.15, -0.1) is 0 Å². The topological polar surface area (TPSA) is 101 Å². The first-order chi connectivity index (χ1) is 8.24. The lowest BCUT2D eigenvalue weighted by Crippen LogP contribution is -1.86. The van der Waals surface area contributed by atoms with E-state index in [0.717, 1.165) is 11.1 Å². The molecule has 17 heavy (non-hydrogen) atoms. The Morgan fingerprint density at radius 3 is 2.94 bits per heavy atom. The minimum absolute atomic E-state index is 0.0361. The van der Waals surface area contributed by atoms with E-state index in [-0.39, 0.29) is 5.75 Å². The first kappa shape index (κ1) is 9.59. The number of phenolic OH excluding ortho intramolecular Hbond substituents is 1. The first-order valence-corrected chi connectivity index (χ1v) is 4.98. The molecule has 0 radical (unpaired) electrons. The van der Waals surface area contributed by atoms with Gasteiger partial charge in [0.25, 0.3) is 0 Å². The van der Waals surface area contributed by atoms with Crippen molar-refractivity contribution >= 4 is 16.9 Å². The van der Waals surface area contributed by atoms with Crippen molar-refractivity contribution in [2.75, 3.05) is 5.73 Å². The molecule has 0 fully saturated rings. The zero-order valence-electron chi connectivity index (χ0n) is 8.75. The van der Waals surface area contributed by atoms with Gasteiger partial charge in [-0.2, -0.15) is 0 Å². The third-order valence-electron chi connectivity index (χ3n) is 2.47. The second-order valence-electron chi connectivity index (χ2n) is 3.62. The smallest absolute Gasteiger partial charge is 0.181 e. The lowest BCUT2D eigenvalue weighted by atomic mass is 10.2. The van der Waals surface area contributed by atoms with Crippen LogP contribution in [0, 0.1) is 0 Å². The van der Waals surface area contributed by atoms with Crippen molar-refractivity contribution in [2.24, 2.45) is 0 Å². The second kappa shape index (κ2) is 3.44. The maximum atomic E-state index is 9.54.